The van der Waals surface area contributed by atoms with E-state index in [-0.39, 0.29) is 25.7 Å². The maximum atomic E-state index is 12.7. The summed E-state index contributed by atoms with van der Waals surface area (Å²) in [4.78, 5) is 38.5. The average Bonchev–Trinajstić information content (AvgIpc) is 3.09. The van der Waals surface area contributed by atoms with Crippen molar-refractivity contribution in [1.82, 2.24) is 0 Å². The Morgan fingerprint density at radius 2 is 1.81 bits per heavy atom. The van der Waals surface area contributed by atoms with Gasteiger partial charge < -0.3 is 20.1 Å². The minimum atomic E-state index is -0.448. The van der Waals surface area contributed by atoms with E-state index < -0.39 is 11.9 Å². The summed E-state index contributed by atoms with van der Waals surface area (Å²) < 4.78 is 10.3. The van der Waals surface area contributed by atoms with Gasteiger partial charge in [-0.25, -0.2) is 9.59 Å². The first-order valence-corrected chi connectivity index (χ1v) is 11.4. The van der Waals surface area contributed by atoms with Crippen LogP contribution in [0.2, 0.25) is 0 Å². The standard InChI is InChI=1S/C23H28N2O5S/c1-4-29-22(27)15-8-6-7-9-17(15)24-13-19(26)25-21-20(23(28)30-5-2)16-11-10-14(3)12-18(16)31-21/h6-9,14,24H,4-5,10-13H2,1-3H3,(H,25,26). The van der Waals surface area contributed by atoms with Gasteiger partial charge in [-0.05, 0) is 56.7 Å². The highest BCUT2D eigenvalue weighted by molar-refractivity contribution is 7.17. The van der Waals surface area contributed by atoms with Crippen LogP contribution in [0.3, 0.4) is 0 Å². The lowest BCUT2D eigenvalue weighted by molar-refractivity contribution is -0.114. The van der Waals surface area contributed by atoms with Crippen molar-refractivity contribution in [3.8, 4) is 0 Å². The van der Waals surface area contributed by atoms with E-state index in [4.69, 9.17) is 9.47 Å². The number of amides is 1. The van der Waals surface area contributed by atoms with Crippen molar-refractivity contribution in [2.75, 3.05) is 30.4 Å². The Morgan fingerprint density at radius 3 is 2.55 bits per heavy atom. The second kappa shape index (κ2) is 10.4. The molecule has 166 valence electrons. The van der Waals surface area contributed by atoms with E-state index in [0.29, 0.717) is 27.7 Å². The van der Waals surface area contributed by atoms with E-state index in [2.05, 4.69) is 17.6 Å². The fraction of sp³-hybridized carbons (Fsp3) is 0.435. The number of para-hydroxylation sites is 1. The topological polar surface area (TPSA) is 93.7 Å². The summed E-state index contributed by atoms with van der Waals surface area (Å²) in [6, 6.07) is 6.87. The number of benzene rings is 1. The molecule has 0 saturated heterocycles. The van der Waals surface area contributed by atoms with Crippen molar-refractivity contribution in [2.24, 2.45) is 5.92 Å². The first kappa shape index (κ1) is 22.8. The van der Waals surface area contributed by atoms with Crippen LogP contribution in [0.4, 0.5) is 10.7 Å². The van der Waals surface area contributed by atoms with Gasteiger partial charge in [0.15, 0.2) is 0 Å². The molecule has 2 N–H and O–H groups in total. The number of hydrogen-bond donors (Lipinski definition) is 2. The summed E-state index contributed by atoms with van der Waals surface area (Å²) in [5.41, 5.74) is 2.36. The number of carbonyl (C=O) groups is 3. The molecule has 31 heavy (non-hydrogen) atoms. The van der Waals surface area contributed by atoms with Crippen molar-refractivity contribution in [3.05, 3.63) is 45.8 Å². The van der Waals surface area contributed by atoms with E-state index in [9.17, 15) is 14.4 Å². The smallest absolute Gasteiger partial charge is 0.341 e. The third kappa shape index (κ3) is 5.44. The molecule has 0 radical (unpaired) electrons. The van der Waals surface area contributed by atoms with E-state index in [1.807, 2.05) is 0 Å². The maximum absolute atomic E-state index is 12.7. The van der Waals surface area contributed by atoms with Crippen molar-refractivity contribution >= 4 is 39.9 Å². The molecule has 1 atom stereocenters. The number of ether oxygens (including phenoxy) is 2. The molecule has 0 bridgehead atoms. The van der Waals surface area contributed by atoms with Crippen LogP contribution in [-0.4, -0.2) is 37.6 Å². The minimum Gasteiger partial charge on any atom is -0.462 e. The predicted molar refractivity (Wildman–Crippen MR) is 121 cm³/mol. The van der Waals surface area contributed by atoms with Gasteiger partial charge in [-0.15, -0.1) is 11.3 Å². The Labute approximate surface area is 186 Å². The van der Waals surface area contributed by atoms with Gasteiger partial charge in [-0.2, -0.15) is 0 Å². The predicted octanol–water partition coefficient (Wildman–Crippen LogP) is 4.28. The second-order valence-electron chi connectivity index (χ2n) is 7.44. The van der Waals surface area contributed by atoms with E-state index in [0.717, 1.165) is 29.7 Å². The third-order valence-corrected chi connectivity index (χ3v) is 6.28. The van der Waals surface area contributed by atoms with Crippen molar-refractivity contribution in [2.45, 2.75) is 40.0 Å². The van der Waals surface area contributed by atoms with Gasteiger partial charge in [-0.3, -0.25) is 4.79 Å². The van der Waals surface area contributed by atoms with E-state index in [1.54, 1.807) is 38.1 Å². The highest BCUT2D eigenvalue weighted by Crippen LogP contribution is 2.40. The lowest BCUT2D eigenvalue weighted by atomic mass is 9.88. The lowest BCUT2D eigenvalue weighted by Crippen LogP contribution is -2.23. The largest absolute Gasteiger partial charge is 0.462 e. The molecule has 0 spiro atoms. The molecule has 1 amide bonds. The first-order chi connectivity index (χ1) is 14.9. The normalized spacial score (nSPS) is 15.0. The van der Waals surface area contributed by atoms with Gasteiger partial charge >= 0.3 is 11.9 Å². The number of esters is 2. The Bertz CT molecular complexity index is 969. The molecule has 1 heterocycles. The van der Waals surface area contributed by atoms with Gasteiger partial charge in [0.25, 0.3) is 0 Å². The molecular formula is C23H28N2O5S. The first-order valence-electron chi connectivity index (χ1n) is 10.6. The summed E-state index contributed by atoms with van der Waals surface area (Å²) in [5, 5.41) is 6.39. The fourth-order valence-corrected chi connectivity index (χ4v) is 5.04. The molecule has 0 aliphatic heterocycles. The van der Waals surface area contributed by atoms with Gasteiger partial charge in [0.1, 0.15) is 5.00 Å². The maximum Gasteiger partial charge on any atom is 0.341 e. The molecule has 1 aromatic carbocycles. The number of anilines is 2. The molecule has 0 fully saturated rings. The van der Waals surface area contributed by atoms with Crippen LogP contribution in [-0.2, 0) is 27.1 Å². The summed E-state index contributed by atoms with van der Waals surface area (Å²) in [6.07, 6.45) is 2.71. The van der Waals surface area contributed by atoms with Crippen LogP contribution >= 0.6 is 11.3 Å². The minimum absolute atomic E-state index is 0.0579. The Kier molecular flexibility index (Phi) is 7.68. The number of fused-ring (bicyclic) bond motifs is 1. The quantitative estimate of drug-likeness (QED) is 0.591. The van der Waals surface area contributed by atoms with Crippen LogP contribution in [0, 0.1) is 5.92 Å². The van der Waals surface area contributed by atoms with Crippen LogP contribution < -0.4 is 10.6 Å². The molecule has 3 rings (SSSR count). The van der Waals surface area contributed by atoms with Crippen LogP contribution in [0.1, 0.15) is 58.3 Å². The molecule has 1 aliphatic rings. The van der Waals surface area contributed by atoms with Gasteiger partial charge in [0.2, 0.25) is 5.91 Å². The fourth-order valence-electron chi connectivity index (χ4n) is 3.63. The molecule has 8 heteroatoms. The zero-order chi connectivity index (χ0) is 22.4. The van der Waals surface area contributed by atoms with Crippen LogP contribution in [0.25, 0.3) is 0 Å². The zero-order valence-electron chi connectivity index (χ0n) is 18.1. The van der Waals surface area contributed by atoms with Gasteiger partial charge in [0.05, 0.1) is 30.9 Å². The Hall–Kier alpha value is -2.87. The van der Waals surface area contributed by atoms with Gasteiger partial charge in [-0.1, -0.05) is 19.1 Å². The Balaban J connectivity index is 1.74. The summed E-state index contributed by atoms with van der Waals surface area (Å²) in [5.74, 6) is -0.609. The van der Waals surface area contributed by atoms with Crippen molar-refractivity contribution in [3.63, 3.8) is 0 Å². The summed E-state index contributed by atoms with van der Waals surface area (Å²) >= 11 is 1.45. The highest BCUT2D eigenvalue weighted by atomic mass is 32.1. The van der Waals surface area contributed by atoms with E-state index >= 15 is 0 Å². The number of thiophene rings is 1. The number of nitrogens with one attached hydrogen (secondary N) is 2. The van der Waals surface area contributed by atoms with Crippen molar-refractivity contribution < 1.29 is 23.9 Å². The summed E-state index contributed by atoms with van der Waals surface area (Å²) in [6.45, 7) is 6.19. The summed E-state index contributed by atoms with van der Waals surface area (Å²) in [7, 11) is 0. The average molecular weight is 445 g/mol. The number of hydrogen-bond acceptors (Lipinski definition) is 7. The Morgan fingerprint density at radius 1 is 1.10 bits per heavy atom. The van der Waals surface area contributed by atoms with E-state index in [1.165, 1.54) is 11.3 Å². The monoisotopic (exact) mass is 444 g/mol. The van der Waals surface area contributed by atoms with Crippen LogP contribution in [0.5, 0.6) is 0 Å². The van der Waals surface area contributed by atoms with Gasteiger partial charge in [0, 0.05) is 10.6 Å². The molecular weight excluding hydrogens is 416 g/mol. The lowest BCUT2D eigenvalue weighted by Gasteiger charge is -2.18. The molecule has 0 saturated carbocycles. The highest BCUT2D eigenvalue weighted by Gasteiger charge is 2.29. The molecule has 1 unspecified atom stereocenters. The second-order valence-corrected chi connectivity index (χ2v) is 8.55. The third-order valence-electron chi connectivity index (χ3n) is 5.11. The molecule has 7 nitrogen and oxygen atoms in total. The molecule has 1 aromatic heterocycles. The number of rotatable bonds is 8. The van der Waals surface area contributed by atoms with Crippen molar-refractivity contribution in [1.29, 1.82) is 0 Å². The zero-order valence-corrected chi connectivity index (χ0v) is 18.9. The molecule has 2 aromatic rings. The molecule has 1 aliphatic carbocycles. The SMILES string of the molecule is CCOC(=O)c1ccccc1NCC(=O)Nc1sc2c(c1C(=O)OCC)CCC(C)C2. The number of carbonyl (C=O) groups excluding carboxylic acids is 3. The van der Waals surface area contributed by atoms with Crippen LogP contribution in [0.15, 0.2) is 24.3 Å².